The van der Waals surface area contributed by atoms with Gasteiger partial charge in [0.2, 0.25) is 21.8 Å². The lowest BCUT2D eigenvalue weighted by atomic mass is 10.2. The summed E-state index contributed by atoms with van der Waals surface area (Å²) in [4.78, 5) is 35.7. The van der Waals surface area contributed by atoms with E-state index in [9.17, 15) is 18.0 Å². The van der Waals surface area contributed by atoms with Crippen molar-refractivity contribution in [3.63, 3.8) is 0 Å². The number of imidazole rings is 1. The first-order valence-corrected chi connectivity index (χ1v) is 13.1. The number of aryl methyl sites for hydroxylation is 2. The molecule has 0 atom stereocenters. The SMILES string of the molecule is CCn1c(CCC(=O)N2CCN(CC(=O)N3CCCC3)CC2)nc2cc(S(N)(=O)=O)ccc21. The Hall–Kier alpha value is -2.50. The zero-order valence-corrected chi connectivity index (χ0v) is 19.9. The number of nitrogens with zero attached hydrogens (tertiary/aromatic N) is 5. The topological polar surface area (TPSA) is 122 Å². The van der Waals surface area contributed by atoms with Crippen molar-refractivity contribution < 1.29 is 18.0 Å². The minimum atomic E-state index is -3.80. The third-order valence-corrected chi connectivity index (χ3v) is 7.46. The smallest absolute Gasteiger partial charge is 0.238 e. The highest BCUT2D eigenvalue weighted by atomic mass is 32.2. The molecule has 2 saturated heterocycles. The van der Waals surface area contributed by atoms with Crippen molar-refractivity contribution in [2.24, 2.45) is 5.14 Å². The van der Waals surface area contributed by atoms with Crippen LogP contribution in [0.5, 0.6) is 0 Å². The van der Waals surface area contributed by atoms with Gasteiger partial charge in [-0.2, -0.15) is 0 Å². The number of rotatable bonds is 7. The number of sulfonamides is 1. The van der Waals surface area contributed by atoms with Crippen molar-refractivity contribution >= 4 is 32.9 Å². The van der Waals surface area contributed by atoms with E-state index in [1.54, 1.807) is 6.07 Å². The van der Waals surface area contributed by atoms with Gasteiger partial charge in [0.05, 0.1) is 22.5 Å². The molecule has 3 heterocycles. The van der Waals surface area contributed by atoms with Gasteiger partial charge >= 0.3 is 0 Å². The Morgan fingerprint density at radius 1 is 1.00 bits per heavy atom. The second kappa shape index (κ2) is 9.78. The molecule has 0 saturated carbocycles. The lowest BCUT2D eigenvalue weighted by Crippen LogP contribution is -2.51. The monoisotopic (exact) mass is 476 g/mol. The summed E-state index contributed by atoms with van der Waals surface area (Å²) < 4.78 is 25.3. The molecule has 0 bridgehead atoms. The Morgan fingerprint density at radius 3 is 2.30 bits per heavy atom. The molecule has 33 heavy (non-hydrogen) atoms. The lowest BCUT2D eigenvalue weighted by Gasteiger charge is -2.35. The number of hydrogen-bond acceptors (Lipinski definition) is 6. The zero-order valence-electron chi connectivity index (χ0n) is 19.1. The van der Waals surface area contributed by atoms with Crippen LogP contribution in [0.4, 0.5) is 0 Å². The van der Waals surface area contributed by atoms with Crippen LogP contribution in [0.2, 0.25) is 0 Å². The van der Waals surface area contributed by atoms with Crippen LogP contribution in [0.1, 0.15) is 32.0 Å². The average Bonchev–Trinajstić information content (AvgIpc) is 3.44. The highest BCUT2D eigenvalue weighted by Crippen LogP contribution is 2.21. The van der Waals surface area contributed by atoms with Gasteiger partial charge in [-0.15, -0.1) is 0 Å². The van der Waals surface area contributed by atoms with E-state index in [1.165, 1.54) is 12.1 Å². The molecule has 2 fully saturated rings. The number of primary sulfonamides is 1. The number of carbonyl (C=O) groups is 2. The van der Waals surface area contributed by atoms with Crippen LogP contribution in [0, 0.1) is 0 Å². The van der Waals surface area contributed by atoms with Crippen molar-refractivity contribution in [1.82, 2.24) is 24.3 Å². The maximum atomic E-state index is 12.8. The molecule has 0 radical (unpaired) electrons. The minimum Gasteiger partial charge on any atom is -0.342 e. The first-order chi connectivity index (χ1) is 15.8. The first-order valence-electron chi connectivity index (χ1n) is 11.6. The van der Waals surface area contributed by atoms with E-state index >= 15 is 0 Å². The second-order valence-corrected chi connectivity index (χ2v) is 10.3. The molecular formula is C22H32N6O4S. The highest BCUT2D eigenvalue weighted by molar-refractivity contribution is 7.89. The van der Waals surface area contributed by atoms with E-state index < -0.39 is 10.0 Å². The zero-order chi connectivity index (χ0) is 23.6. The van der Waals surface area contributed by atoms with E-state index in [0.717, 1.165) is 37.3 Å². The van der Waals surface area contributed by atoms with E-state index in [1.807, 2.05) is 21.3 Å². The molecular weight excluding hydrogens is 444 g/mol. The van der Waals surface area contributed by atoms with Crippen molar-refractivity contribution in [2.45, 2.75) is 44.0 Å². The van der Waals surface area contributed by atoms with E-state index in [0.29, 0.717) is 57.6 Å². The molecule has 2 amide bonds. The molecule has 0 aliphatic carbocycles. The number of benzene rings is 1. The second-order valence-electron chi connectivity index (χ2n) is 8.71. The minimum absolute atomic E-state index is 0.0273. The largest absolute Gasteiger partial charge is 0.342 e. The third kappa shape index (κ3) is 5.36. The molecule has 2 aromatic rings. The summed E-state index contributed by atoms with van der Waals surface area (Å²) in [6.45, 7) is 7.46. The summed E-state index contributed by atoms with van der Waals surface area (Å²) in [5.74, 6) is 1.01. The molecule has 1 aromatic heterocycles. The average molecular weight is 477 g/mol. The molecule has 1 aromatic carbocycles. The summed E-state index contributed by atoms with van der Waals surface area (Å²) >= 11 is 0. The third-order valence-electron chi connectivity index (χ3n) is 6.55. The predicted octanol–water partition coefficient (Wildman–Crippen LogP) is 0.403. The molecule has 4 rings (SSSR count). The molecule has 11 heteroatoms. The number of hydrogen-bond donors (Lipinski definition) is 1. The number of amides is 2. The highest BCUT2D eigenvalue weighted by Gasteiger charge is 2.25. The molecule has 2 N–H and O–H groups in total. The van der Waals surface area contributed by atoms with Gasteiger partial charge in [-0.1, -0.05) is 0 Å². The van der Waals surface area contributed by atoms with Crippen molar-refractivity contribution in [1.29, 1.82) is 0 Å². The van der Waals surface area contributed by atoms with Crippen molar-refractivity contribution in [3.05, 3.63) is 24.0 Å². The summed E-state index contributed by atoms with van der Waals surface area (Å²) in [5, 5.41) is 5.24. The summed E-state index contributed by atoms with van der Waals surface area (Å²) in [6, 6.07) is 4.67. The van der Waals surface area contributed by atoms with Crippen molar-refractivity contribution in [3.8, 4) is 0 Å². The van der Waals surface area contributed by atoms with Crippen LogP contribution in [0.25, 0.3) is 11.0 Å². The summed E-state index contributed by atoms with van der Waals surface area (Å²) in [7, 11) is -3.80. The van der Waals surface area contributed by atoms with Gasteiger partial charge in [0.25, 0.3) is 0 Å². The van der Waals surface area contributed by atoms with Gasteiger partial charge in [-0.05, 0) is 38.0 Å². The number of piperazine rings is 1. The van der Waals surface area contributed by atoms with E-state index in [-0.39, 0.29) is 16.7 Å². The first kappa shape index (κ1) is 23.7. The fourth-order valence-corrected chi connectivity index (χ4v) is 5.20. The van der Waals surface area contributed by atoms with Gasteiger partial charge in [-0.25, -0.2) is 18.5 Å². The fourth-order valence-electron chi connectivity index (χ4n) is 4.67. The van der Waals surface area contributed by atoms with E-state index in [2.05, 4.69) is 9.88 Å². The van der Waals surface area contributed by atoms with Crippen molar-refractivity contribution in [2.75, 3.05) is 45.8 Å². The summed E-state index contributed by atoms with van der Waals surface area (Å²) in [6.07, 6.45) is 2.98. The molecule has 2 aliphatic rings. The maximum Gasteiger partial charge on any atom is 0.238 e. The Kier molecular flexibility index (Phi) is 7.01. The van der Waals surface area contributed by atoms with Gasteiger partial charge in [0.15, 0.2) is 0 Å². The standard InChI is InChI=1S/C22H32N6O4S/c1-2-28-19-6-5-17(33(23,31)32)15-18(19)24-20(28)7-8-21(29)27-13-11-25(12-14-27)16-22(30)26-9-3-4-10-26/h5-6,15H,2-4,7-14,16H2,1H3,(H2,23,31,32). The summed E-state index contributed by atoms with van der Waals surface area (Å²) in [5.41, 5.74) is 1.38. The predicted molar refractivity (Wildman–Crippen MR) is 124 cm³/mol. The number of likely N-dealkylation sites (tertiary alicyclic amines) is 1. The Morgan fingerprint density at radius 2 is 1.67 bits per heavy atom. The number of nitrogens with two attached hydrogens (primary N) is 1. The molecule has 180 valence electrons. The normalized spacial score (nSPS) is 17.8. The van der Waals surface area contributed by atoms with Gasteiger partial charge in [0.1, 0.15) is 5.82 Å². The van der Waals surface area contributed by atoms with Gasteiger partial charge in [0, 0.05) is 58.7 Å². The molecule has 10 nitrogen and oxygen atoms in total. The van der Waals surface area contributed by atoms with Crippen LogP contribution < -0.4 is 5.14 Å². The molecule has 0 unspecified atom stereocenters. The van der Waals surface area contributed by atoms with Crippen LogP contribution >= 0.6 is 0 Å². The fraction of sp³-hybridized carbons (Fsp3) is 0.591. The quantitative estimate of drug-likeness (QED) is 0.617. The van der Waals surface area contributed by atoms with Crippen LogP contribution in [0.3, 0.4) is 0 Å². The Bertz CT molecular complexity index is 1130. The maximum absolute atomic E-state index is 12.8. The number of fused-ring (bicyclic) bond motifs is 1. The Balaban J connectivity index is 1.32. The number of carbonyl (C=O) groups excluding carboxylic acids is 2. The Labute approximate surface area is 194 Å². The van der Waals surface area contributed by atoms with Crippen LogP contribution in [-0.4, -0.2) is 90.3 Å². The van der Waals surface area contributed by atoms with Gasteiger partial charge < -0.3 is 14.4 Å². The lowest BCUT2D eigenvalue weighted by molar-refractivity contribution is -0.134. The van der Waals surface area contributed by atoms with Crippen LogP contribution in [0.15, 0.2) is 23.1 Å². The van der Waals surface area contributed by atoms with Gasteiger partial charge in [-0.3, -0.25) is 14.5 Å². The molecule has 2 aliphatic heterocycles. The molecule has 0 spiro atoms. The van der Waals surface area contributed by atoms with E-state index in [4.69, 9.17) is 5.14 Å². The number of aromatic nitrogens is 2. The van der Waals surface area contributed by atoms with Crippen LogP contribution in [-0.2, 0) is 32.6 Å².